The highest BCUT2D eigenvalue weighted by atomic mass is 35.5. The third-order valence-corrected chi connectivity index (χ3v) is 3.79. The Morgan fingerprint density at radius 3 is 2.00 bits per heavy atom. The molecule has 2 aromatic carbocycles. The van der Waals surface area contributed by atoms with Crippen LogP contribution in [0.15, 0.2) is 36.4 Å². The van der Waals surface area contributed by atoms with Gasteiger partial charge in [-0.15, -0.1) is 0 Å². The number of hydrogen-bond acceptors (Lipinski definition) is 2. The third kappa shape index (κ3) is 4.05. The number of rotatable bonds is 3. The van der Waals surface area contributed by atoms with E-state index in [1.807, 2.05) is 0 Å². The summed E-state index contributed by atoms with van der Waals surface area (Å²) in [5.74, 6) is 0.465. The molecule has 2 rings (SSSR count). The van der Waals surface area contributed by atoms with E-state index in [0.717, 1.165) is 5.56 Å². The first-order valence-corrected chi connectivity index (χ1v) is 7.49. The van der Waals surface area contributed by atoms with Crippen LogP contribution >= 0.6 is 23.2 Å². The zero-order chi connectivity index (χ0) is 15.6. The molecule has 2 nitrogen and oxygen atoms in total. The van der Waals surface area contributed by atoms with Crippen LogP contribution in [0.3, 0.4) is 0 Å². The molecule has 2 N–H and O–H groups in total. The van der Waals surface area contributed by atoms with Crippen LogP contribution in [0, 0.1) is 0 Å². The summed E-state index contributed by atoms with van der Waals surface area (Å²) >= 11 is 12.2. The molecular formula is C17H19Cl2NO. The fraction of sp³-hybridized carbons (Fsp3) is 0.294. The molecule has 0 saturated heterocycles. The Balaban J connectivity index is 2.10. The highest BCUT2D eigenvalue weighted by Crippen LogP contribution is 2.35. The lowest BCUT2D eigenvalue weighted by molar-refractivity contribution is 0.306. The van der Waals surface area contributed by atoms with E-state index in [9.17, 15) is 0 Å². The minimum Gasteiger partial charge on any atom is -0.486 e. The van der Waals surface area contributed by atoms with E-state index < -0.39 is 0 Å². The zero-order valence-electron chi connectivity index (χ0n) is 12.4. The number of benzene rings is 2. The minimum atomic E-state index is 0.142. The van der Waals surface area contributed by atoms with Crippen molar-refractivity contribution >= 4 is 28.9 Å². The Hall–Kier alpha value is -1.38. The molecule has 0 aromatic heterocycles. The van der Waals surface area contributed by atoms with E-state index in [1.54, 1.807) is 12.1 Å². The monoisotopic (exact) mass is 323 g/mol. The predicted molar refractivity (Wildman–Crippen MR) is 90.3 cm³/mol. The molecule has 112 valence electrons. The average molecular weight is 324 g/mol. The van der Waals surface area contributed by atoms with Crippen LogP contribution in [0.2, 0.25) is 10.0 Å². The average Bonchev–Trinajstić information content (AvgIpc) is 2.37. The summed E-state index contributed by atoms with van der Waals surface area (Å²) in [4.78, 5) is 0. The summed E-state index contributed by atoms with van der Waals surface area (Å²) in [5, 5.41) is 0.845. The van der Waals surface area contributed by atoms with Crippen molar-refractivity contribution < 1.29 is 4.74 Å². The van der Waals surface area contributed by atoms with E-state index in [2.05, 4.69) is 45.0 Å². The molecule has 0 aliphatic carbocycles. The highest BCUT2D eigenvalue weighted by molar-refractivity contribution is 6.37. The maximum atomic E-state index is 6.10. The van der Waals surface area contributed by atoms with Gasteiger partial charge in [0.2, 0.25) is 0 Å². The summed E-state index contributed by atoms with van der Waals surface area (Å²) in [6.45, 7) is 6.97. The first kappa shape index (κ1) is 16.0. The van der Waals surface area contributed by atoms with E-state index in [1.165, 1.54) is 5.56 Å². The topological polar surface area (TPSA) is 35.2 Å². The Bertz CT molecular complexity index is 607. The molecular weight excluding hydrogens is 305 g/mol. The Morgan fingerprint density at radius 2 is 1.52 bits per heavy atom. The van der Waals surface area contributed by atoms with Crippen molar-refractivity contribution in [3.05, 3.63) is 57.6 Å². The standard InChI is InChI=1S/C17H19Cl2NO/c1-17(2,3)12-6-4-11(5-7-12)10-21-16-14(18)8-13(20)9-15(16)19/h4-9H,10,20H2,1-3H3. The molecule has 21 heavy (non-hydrogen) atoms. The summed E-state index contributed by atoms with van der Waals surface area (Å²) in [5.41, 5.74) is 8.68. The van der Waals surface area contributed by atoms with Gasteiger partial charge in [0.05, 0.1) is 10.0 Å². The third-order valence-electron chi connectivity index (χ3n) is 3.22. The van der Waals surface area contributed by atoms with Crippen LogP contribution in [0.25, 0.3) is 0 Å². The maximum absolute atomic E-state index is 6.10. The van der Waals surface area contributed by atoms with Crippen LogP contribution in [0.5, 0.6) is 5.75 Å². The van der Waals surface area contributed by atoms with Crippen LogP contribution < -0.4 is 10.5 Å². The predicted octanol–water partition coefficient (Wildman–Crippen LogP) is 5.45. The van der Waals surface area contributed by atoms with Gasteiger partial charge in [0.15, 0.2) is 5.75 Å². The van der Waals surface area contributed by atoms with Gasteiger partial charge >= 0.3 is 0 Å². The molecule has 0 spiro atoms. The Labute approximate surface area is 135 Å². The molecule has 0 bridgehead atoms. The number of hydrogen-bond donors (Lipinski definition) is 1. The molecule has 0 atom stereocenters. The second kappa shape index (κ2) is 6.17. The summed E-state index contributed by atoms with van der Waals surface area (Å²) in [7, 11) is 0. The van der Waals surface area contributed by atoms with Gasteiger partial charge in [0.1, 0.15) is 6.61 Å². The van der Waals surface area contributed by atoms with Crippen LogP contribution in [0.4, 0.5) is 5.69 Å². The number of nitrogen functional groups attached to an aromatic ring is 1. The summed E-state index contributed by atoms with van der Waals surface area (Å²) < 4.78 is 5.71. The van der Waals surface area contributed by atoms with Gasteiger partial charge in [0.25, 0.3) is 0 Å². The van der Waals surface area contributed by atoms with Crippen molar-refractivity contribution in [1.82, 2.24) is 0 Å². The molecule has 0 saturated carbocycles. The SMILES string of the molecule is CC(C)(C)c1ccc(COc2c(Cl)cc(N)cc2Cl)cc1. The molecule has 2 aromatic rings. The van der Waals surface area contributed by atoms with Gasteiger partial charge in [-0.05, 0) is 28.7 Å². The lowest BCUT2D eigenvalue weighted by atomic mass is 9.87. The van der Waals surface area contributed by atoms with Gasteiger partial charge in [-0.1, -0.05) is 68.2 Å². The van der Waals surface area contributed by atoms with Gasteiger partial charge in [-0.3, -0.25) is 0 Å². The number of halogens is 2. The Morgan fingerprint density at radius 1 is 1.00 bits per heavy atom. The van der Waals surface area contributed by atoms with Crippen molar-refractivity contribution in [2.75, 3.05) is 5.73 Å². The molecule has 0 aliphatic rings. The van der Waals surface area contributed by atoms with E-state index in [-0.39, 0.29) is 5.41 Å². The van der Waals surface area contributed by atoms with Crippen molar-refractivity contribution in [1.29, 1.82) is 0 Å². The highest BCUT2D eigenvalue weighted by Gasteiger charge is 2.13. The second-order valence-electron chi connectivity index (χ2n) is 6.05. The molecule has 4 heteroatoms. The van der Waals surface area contributed by atoms with Crippen LogP contribution in [-0.4, -0.2) is 0 Å². The summed E-state index contributed by atoms with van der Waals surface area (Å²) in [6, 6.07) is 11.6. The number of ether oxygens (including phenoxy) is 1. The number of anilines is 1. The fourth-order valence-electron chi connectivity index (χ4n) is 1.97. The van der Waals surface area contributed by atoms with Gasteiger partial charge in [0, 0.05) is 5.69 Å². The van der Waals surface area contributed by atoms with Gasteiger partial charge in [-0.2, -0.15) is 0 Å². The van der Waals surface area contributed by atoms with E-state index in [0.29, 0.717) is 28.1 Å². The molecule has 0 heterocycles. The van der Waals surface area contributed by atoms with E-state index in [4.69, 9.17) is 33.7 Å². The smallest absolute Gasteiger partial charge is 0.157 e. The van der Waals surface area contributed by atoms with E-state index >= 15 is 0 Å². The lowest BCUT2D eigenvalue weighted by Gasteiger charge is -2.19. The quantitative estimate of drug-likeness (QED) is 0.762. The maximum Gasteiger partial charge on any atom is 0.157 e. The van der Waals surface area contributed by atoms with Crippen LogP contribution in [0.1, 0.15) is 31.9 Å². The molecule has 0 fully saturated rings. The summed E-state index contributed by atoms with van der Waals surface area (Å²) in [6.07, 6.45) is 0. The van der Waals surface area contributed by atoms with Crippen molar-refractivity contribution in [2.45, 2.75) is 32.8 Å². The lowest BCUT2D eigenvalue weighted by Crippen LogP contribution is -2.10. The Kier molecular flexibility index (Phi) is 4.70. The first-order chi connectivity index (χ1) is 9.77. The van der Waals surface area contributed by atoms with Crippen molar-refractivity contribution in [2.24, 2.45) is 0 Å². The fourth-order valence-corrected chi connectivity index (χ4v) is 2.59. The second-order valence-corrected chi connectivity index (χ2v) is 6.86. The molecule has 0 unspecified atom stereocenters. The molecule has 0 amide bonds. The molecule has 0 radical (unpaired) electrons. The molecule has 0 aliphatic heterocycles. The zero-order valence-corrected chi connectivity index (χ0v) is 13.9. The largest absolute Gasteiger partial charge is 0.486 e. The van der Waals surface area contributed by atoms with Crippen molar-refractivity contribution in [3.63, 3.8) is 0 Å². The minimum absolute atomic E-state index is 0.142. The van der Waals surface area contributed by atoms with Gasteiger partial charge in [-0.25, -0.2) is 0 Å². The van der Waals surface area contributed by atoms with Gasteiger partial charge < -0.3 is 10.5 Å². The normalized spacial score (nSPS) is 11.5. The first-order valence-electron chi connectivity index (χ1n) is 6.74. The van der Waals surface area contributed by atoms with Crippen LogP contribution in [-0.2, 0) is 12.0 Å². The number of nitrogens with two attached hydrogens (primary N) is 1. The van der Waals surface area contributed by atoms with Crippen molar-refractivity contribution in [3.8, 4) is 5.75 Å².